The summed E-state index contributed by atoms with van der Waals surface area (Å²) in [4.78, 5) is 10.9. The van der Waals surface area contributed by atoms with Crippen molar-refractivity contribution in [2.75, 3.05) is 22.7 Å². The van der Waals surface area contributed by atoms with Gasteiger partial charge in [-0.15, -0.1) is 0 Å². The first kappa shape index (κ1) is 22.3. The lowest BCUT2D eigenvalue weighted by atomic mass is 10.1. The van der Waals surface area contributed by atoms with Crippen LogP contribution in [0.4, 0.5) is 17.1 Å². The molecule has 0 fully saturated rings. The SMILES string of the molecule is CCN(c1ccccc1)S(=O)(=O)c1ccc(NCCCc2cn[nH]c2C)c([N+](=O)[O-])c1. The number of aromatic amines is 1. The molecule has 9 nitrogen and oxygen atoms in total. The molecule has 31 heavy (non-hydrogen) atoms. The van der Waals surface area contributed by atoms with E-state index in [0.29, 0.717) is 12.2 Å². The Morgan fingerprint density at radius 2 is 1.94 bits per heavy atom. The number of rotatable bonds is 10. The van der Waals surface area contributed by atoms with Crippen LogP contribution in [0, 0.1) is 17.0 Å². The molecule has 0 aliphatic heterocycles. The van der Waals surface area contributed by atoms with Gasteiger partial charge < -0.3 is 5.32 Å². The summed E-state index contributed by atoms with van der Waals surface area (Å²) in [6.45, 7) is 4.36. The largest absolute Gasteiger partial charge is 0.379 e. The van der Waals surface area contributed by atoms with Crippen LogP contribution in [0.3, 0.4) is 0 Å². The summed E-state index contributed by atoms with van der Waals surface area (Å²) >= 11 is 0. The van der Waals surface area contributed by atoms with Crippen LogP contribution in [-0.2, 0) is 16.4 Å². The molecule has 0 radical (unpaired) electrons. The second-order valence-electron chi connectivity index (χ2n) is 6.99. The van der Waals surface area contributed by atoms with Crippen LogP contribution in [0.5, 0.6) is 0 Å². The number of sulfonamides is 1. The van der Waals surface area contributed by atoms with E-state index < -0.39 is 14.9 Å². The van der Waals surface area contributed by atoms with E-state index in [4.69, 9.17) is 0 Å². The van der Waals surface area contributed by atoms with Crippen molar-refractivity contribution in [3.63, 3.8) is 0 Å². The molecule has 0 atom stereocenters. The van der Waals surface area contributed by atoms with E-state index in [1.54, 1.807) is 43.5 Å². The quantitative estimate of drug-likeness (QED) is 0.279. The van der Waals surface area contributed by atoms with Gasteiger partial charge in [0, 0.05) is 24.8 Å². The monoisotopic (exact) mass is 443 g/mol. The van der Waals surface area contributed by atoms with Gasteiger partial charge in [0.1, 0.15) is 5.69 Å². The Labute approximate surface area is 181 Å². The van der Waals surface area contributed by atoms with Crippen molar-refractivity contribution in [2.45, 2.75) is 31.6 Å². The number of nitro benzene ring substituents is 1. The van der Waals surface area contributed by atoms with Crippen LogP contribution in [-0.4, -0.2) is 36.6 Å². The Hall–Kier alpha value is -3.40. The number of nitrogens with zero attached hydrogens (tertiary/aromatic N) is 3. The molecule has 0 spiro atoms. The third-order valence-corrected chi connectivity index (χ3v) is 6.86. The summed E-state index contributed by atoms with van der Waals surface area (Å²) in [6, 6.07) is 12.6. The summed E-state index contributed by atoms with van der Waals surface area (Å²) in [5.41, 5.74) is 2.61. The van der Waals surface area contributed by atoms with Gasteiger partial charge in [-0.3, -0.25) is 19.5 Å². The van der Waals surface area contributed by atoms with E-state index in [0.717, 1.165) is 30.2 Å². The zero-order chi connectivity index (χ0) is 22.4. The molecule has 1 aromatic heterocycles. The molecule has 1 heterocycles. The molecule has 0 bridgehead atoms. The molecule has 0 unspecified atom stereocenters. The van der Waals surface area contributed by atoms with E-state index in [-0.39, 0.29) is 22.8 Å². The number of aromatic nitrogens is 2. The molecule has 3 aromatic rings. The molecule has 2 aromatic carbocycles. The third kappa shape index (κ3) is 5.02. The minimum Gasteiger partial charge on any atom is -0.379 e. The first-order valence-electron chi connectivity index (χ1n) is 9.93. The minimum absolute atomic E-state index is 0.121. The molecule has 0 amide bonds. The first-order chi connectivity index (χ1) is 14.8. The molecule has 0 saturated heterocycles. The van der Waals surface area contributed by atoms with Crippen LogP contribution in [0.2, 0.25) is 0 Å². The highest BCUT2D eigenvalue weighted by molar-refractivity contribution is 7.92. The zero-order valence-electron chi connectivity index (χ0n) is 17.4. The standard InChI is InChI=1S/C21H25N5O4S/c1-3-25(18-9-5-4-6-10-18)31(29,30)19-11-12-20(21(14-19)26(27)28)22-13-7-8-17-15-23-24-16(17)2/h4-6,9-12,14-15,22H,3,7-8,13H2,1-2H3,(H,23,24). The van der Waals surface area contributed by atoms with Crippen molar-refractivity contribution >= 4 is 27.1 Å². The third-order valence-electron chi connectivity index (χ3n) is 4.96. The van der Waals surface area contributed by atoms with Gasteiger partial charge in [-0.2, -0.15) is 5.10 Å². The van der Waals surface area contributed by atoms with Crippen molar-refractivity contribution in [3.05, 3.63) is 76.1 Å². The zero-order valence-corrected chi connectivity index (χ0v) is 18.2. The fourth-order valence-corrected chi connectivity index (χ4v) is 4.81. The predicted molar refractivity (Wildman–Crippen MR) is 120 cm³/mol. The number of aryl methyl sites for hydroxylation is 2. The average Bonchev–Trinajstić information content (AvgIpc) is 3.17. The Balaban J connectivity index is 1.79. The topological polar surface area (TPSA) is 121 Å². The van der Waals surface area contributed by atoms with Crippen LogP contribution < -0.4 is 9.62 Å². The van der Waals surface area contributed by atoms with Gasteiger partial charge in [-0.25, -0.2) is 8.42 Å². The lowest BCUT2D eigenvalue weighted by Gasteiger charge is -2.23. The Morgan fingerprint density at radius 1 is 1.19 bits per heavy atom. The number of hydrogen-bond donors (Lipinski definition) is 2. The fourth-order valence-electron chi connectivity index (χ4n) is 3.31. The highest BCUT2D eigenvalue weighted by Crippen LogP contribution is 2.30. The Morgan fingerprint density at radius 3 is 2.55 bits per heavy atom. The number of nitrogens with one attached hydrogen (secondary N) is 2. The van der Waals surface area contributed by atoms with Gasteiger partial charge in [0.15, 0.2) is 0 Å². The second kappa shape index (κ2) is 9.61. The number of hydrogen-bond acceptors (Lipinski definition) is 6. The summed E-state index contributed by atoms with van der Waals surface area (Å²) in [7, 11) is -3.95. The second-order valence-corrected chi connectivity index (χ2v) is 8.85. The number of benzene rings is 2. The van der Waals surface area contributed by atoms with E-state index in [1.165, 1.54) is 16.4 Å². The summed E-state index contributed by atoms with van der Waals surface area (Å²) < 4.78 is 27.5. The molecule has 164 valence electrons. The summed E-state index contributed by atoms with van der Waals surface area (Å²) in [5.74, 6) is 0. The average molecular weight is 444 g/mol. The van der Waals surface area contributed by atoms with E-state index in [9.17, 15) is 18.5 Å². The van der Waals surface area contributed by atoms with E-state index in [2.05, 4.69) is 15.5 Å². The normalized spacial score (nSPS) is 11.3. The molecule has 3 rings (SSSR count). The molecule has 2 N–H and O–H groups in total. The number of para-hydroxylation sites is 1. The maximum absolute atomic E-state index is 13.1. The Kier molecular flexibility index (Phi) is 6.91. The van der Waals surface area contributed by atoms with Crippen molar-refractivity contribution < 1.29 is 13.3 Å². The van der Waals surface area contributed by atoms with Crippen LogP contribution in [0.15, 0.2) is 59.6 Å². The van der Waals surface area contributed by atoms with Crippen LogP contribution in [0.1, 0.15) is 24.6 Å². The predicted octanol–water partition coefficient (Wildman–Crippen LogP) is 3.89. The molecular formula is C21H25N5O4S. The van der Waals surface area contributed by atoms with Gasteiger partial charge >= 0.3 is 0 Å². The van der Waals surface area contributed by atoms with Gasteiger partial charge in [-0.05, 0) is 56.5 Å². The maximum atomic E-state index is 13.1. The van der Waals surface area contributed by atoms with E-state index in [1.807, 2.05) is 6.92 Å². The molecule has 0 aliphatic rings. The minimum atomic E-state index is -3.95. The van der Waals surface area contributed by atoms with Crippen molar-refractivity contribution in [3.8, 4) is 0 Å². The van der Waals surface area contributed by atoms with Crippen molar-refractivity contribution in [1.82, 2.24) is 10.2 Å². The summed E-state index contributed by atoms with van der Waals surface area (Å²) in [5, 5.41) is 21.5. The number of anilines is 2. The lowest BCUT2D eigenvalue weighted by Crippen LogP contribution is -2.30. The van der Waals surface area contributed by atoms with Crippen molar-refractivity contribution in [1.29, 1.82) is 0 Å². The maximum Gasteiger partial charge on any atom is 0.293 e. The number of H-pyrrole nitrogens is 1. The first-order valence-corrected chi connectivity index (χ1v) is 11.4. The number of nitro groups is 1. The van der Waals surface area contributed by atoms with Crippen LogP contribution >= 0.6 is 0 Å². The van der Waals surface area contributed by atoms with E-state index >= 15 is 0 Å². The molecule has 0 saturated carbocycles. The smallest absolute Gasteiger partial charge is 0.293 e. The highest BCUT2D eigenvalue weighted by Gasteiger charge is 2.27. The van der Waals surface area contributed by atoms with Gasteiger partial charge in [0.25, 0.3) is 15.7 Å². The highest BCUT2D eigenvalue weighted by atomic mass is 32.2. The molecule has 10 heteroatoms. The van der Waals surface area contributed by atoms with Crippen LogP contribution in [0.25, 0.3) is 0 Å². The van der Waals surface area contributed by atoms with Crippen molar-refractivity contribution in [2.24, 2.45) is 0 Å². The van der Waals surface area contributed by atoms with Gasteiger partial charge in [0.2, 0.25) is 0 Å². The molecule has 0 aliphatic carbocycles. The molecular weight excluding hydrogens is 418 g/mol. The van der Waals surface area contributed by atoms with Gasteiger partial charge in [-0.1, -0.05) is 18.2 Å². The lowest BCUT2D eigenvalue weighted by molar-refractivity contribution is -0.384. The van der Waals surface area contributed by atoms with Gasteiger partial charge in [0.05, 0.1) is 21.7 Å². The fraction of sp³-hybridized carbons (Fsp3) is 0.286. The Bertz CT molecular complexity index is 1150. The summed E-state index contributed by atoms with van der Waals surface area (Å²) in [6.07, 6.45) is 3.29.